The number of rotatable bonds is 10. The molecule has 7 heteroatoms. The van der Waals surface area contributed by atoms with Gasteiger partial charge in [-0.2, -0.15) is 0 Å². The number of hydrogen-bond acceptors (Lipinski definition) is 7. The first-order valence-corrected chi connectivity index (χ1v) is 10.9. The summed E-state index contributed by atoms with van der Waals surface area (Å²) in [6.07, 6.45) is 1.42. The third kappa shape index (κ3) is 6.33. The van der Waals surface area contributed by atoms with Crippen LogP contribution in [0.25, 0.3) is 0 Å². The number of hydrogen-bond donors (Lipinski definition) is 0. The van der Waals surface area contributed by atoms with Crippen LogP contribution in [0.1, 0.15) is 26.7 Å². The monoisotopic (exact) mass is 430 g/mol. The van der Waals surface area contributed by atoms with Crippen molar-refractivity contribution in [3.05, 3.63) is 48.5 Å². The van der Waals surface area contributed by atoms with Gasteiger partial charge >= 0.3 is 0 Å². The Morgan fingerprint density at radius 3 is 1.39 bits per heavy atom. The summed E-state index contributed by atoms with van der Waals surface area (Å²) in [4.78, 5) is 0. The molecule has 2 heterocycles. The lowest BCUT2D eigenvalue weighted by atomic mass is 10.3. The Morgan fingerprint density at radius 1 is 0.645 bits per heavy atom. The average molecular weight is 430 g/mol. The van der Waals surface area contributed by atoms with Crippen LogP contribution in [-0.4, -0.2) is 51.2 Å². The summed E-state index contributed by atoms with van der Waals surface area (Å²) in [7, 11) is 0. The van der Waals surface area contributed by atoms with Gasteiger partial charge in [-0.05, 0) is 61.4 Å². The second-order valence-corrected chi connectivity index (χ2v) is 7.53. The topological polar surface area (TPSA) is 64.6 Å². The summed E-state index contributed by atoms with van der Waals surface area (Å²) in [5.41, 5.74) is 0. The van der Waals surface area contributed by atoms with Crippen LogP contribution in [0.4, 0.5) is 0 Å². The minimum atomic E-state index is -0.111. The molecule has 2 aromatic rings. The van der Waals surface area contributed by atoms with Gasteiger partial charge in [0.2, 0.25) is 0 Å². The predicted octanol–water partition coefficient (Wildman–Crippen LogP) is 4.54. The summed E-state index contributed by atoms with van der Waals surface area (Å²) < 4.78 is 39.9. The van der Waals surface area contributed by atoms with Crippen LogP contribution in [0.3, 0.4) is 0 Å². The Balaban J connectivity index is 1.20. The van der Waals surface area contributed by atoms with Crippen molar-refractivity contribution in [3.63, 3.8) is 0 Å². The van der Waals surface area contributed by atoms with E-state index in [0.717, 1.165) is 35.8 Å². The fourth-order valence-electron chi connectivity index (χ4n) is 3.34. The van der Waals surface area contributed by atoms with E-state index in [1.54, 1.807) is 0 Å². The van der Waals surface area contributed by atoms with E-state index in [4.69, 9.17) is 33.2 Å². The molecule has 2 aliphatic heterocycles. The Hall–Kier alpha value is -2.32. The zero-order chi connectivity index (χ0) is 21.5. The largest absolute Gasteiger partial charge is 0.491 e. The van der Waals surface area contributed by atoms with Gasteiger partial charge in [-0.1, -0.05) is 13.8 Å². The van der Waals surface area contributed by atoms with Gasteiger partial charge in [0.05, 0.1) is 13.2 Å². The van der Waals surface area contributed by atoms with Crippen molar-refractivity contribution in [2.45, 2.75) is 51.5 Å². The molecule has 0 amide bonds. The zero-order valence-corrected chi connectivity index (χ0v) is 18.0. The minimum absolute atomic E-state index is 0.0255. The highest BCUT2D eigenvalue weighted by Gasteiger charge is 2.25. The Labute approximate surface area is 183 Å². The van der Waals surface area contributed by atoms with Gasteiger partial charge in [-0.15, -0.1) is 0 Å². The standard InChI is InChI=1S/C24H30O7/c1-3-23-27-15-21(30-23)13-25-17-5-9-19(10-6-17)29-20-11-7-18(8-12-20)26-14-22-16-28-24(4-2)31-22/h5-12,21-24H,3-4,13-16H2,1-2H3. The van der Waals surface area contributed by atoms with Gasteiger partial charge in [0, 0.05) is 0 Å². The first-order chi connectivity index (χ1) is 15.2. The van der Waals surface area contributed by atoms with Crippen molar-refractivity contribution in [2.24, 2.45) is 0 Å². The molecule has 2 aliphatic rings. The van der Waals surface area contributed by atoms with E-state index in [1.807, 2.05) is 62.4 Å². The van der Waals surface area contributed by atoms with E-state index >= 15 is 0 Å². The van der Waals surface area contributed by atoms with E-state index in [1.165, 1.54) is 0 Å². The van der Waals surface area contributed by atoms with Crippen molar-refractivity contribution < 1.29 is 33.2 Å². The minimum Gasteiger partial charge on any atom is -0.491 e. The second kappa shape index (κ2) is 10.8. The molecule has 4 atom stereocenters. The van der Waals surface area contributed by atoms with Crippen molar-refractivity contribution in [1.82, 2.24) is 0 Å². The van der Waals surface area contributed by atoms with Crippen LogP contribution >= 0.6 is 0 Å². The maximum Gasteiger partial charge on any atom is 0.158 e. The van der Waals surface area contributed by atoms with Crippen molar-refractivity contribution in [1.29, 1.82) is 0 Å². The molecule has 2 fully saturated rings. The van der Waals surface area contributed by atoms with Gasteiger partial charge < -0.3 is 33.2 Å². The third-order valence-corrected chi connectivity index (χ3v) is 5.05. The van der Waals surface area contributed by atoms with Crippen molar-refractivity contribution in [3.8, 4) is 23.0 Å². The summed E-state index contributed by atoms with van der Waals surface area (Å²) in [5.74, 6) is 3.00. The Bertz CT molecular complexity index is 725. The summed E-state index contributed by atoms with van der Waals surface area (Å²) in [6, 6.07) is 15.0. The van der Waals surface area contributed by atoms with Crippen molar-refractivity contribution >= 4 is 0 Å². The fraction of sp³-hybridized carbons (Fsp3) is 0.500. The van der Waals surface area contributed by atoms with Crippen LogP contribution in [0.2, 0.25) is 0 Å². The number of benzene rings is 2. The summed E-state index contributed by atoms with van der Waals surface area (Å²) in [6.45, 7) is 6.15. The Kier molecular flexibility index (Phi) is 7.64. The van der Waals surface area contributed by atoms with Gasteiger partial charge in [-0.25, -0.2) is 0 Å². The molecule has 0 aliphatic carbocycles. The molecule has 0 radical (unpaired) electrons. The van der Waals surface area contributed by atoms with E-state index in [2.05, 4.69) is 0 Å². The molecule has 0 saturated carbocycles. The van der Waals surface area contributed by atoms with Crippen LogP contribution in [0, 0.1) is 0 Å². The van der Waals surface area contributed by atoms with Gasteiger partial charge in [-0.3, -0.25) is 0 Å². The quantitative estimate of drug-likeness (QED) is 0.548. The van der Waals surface area contributed by atoms with E-state index in [9.17, 15) is 0 Å². The highest BCUT2D eigenvalue weighted by atomic mass is 16.7. The number of ether oxygens (including phenoxy) is 7. The lowest BCUT2D eigenvalue weighted by Crippen LogP contribution is -2.20. The highest BCUT2D eigenvalue weighted by Crippen LogP contribution is 2.26. The average Bonchev–Trinajstić information content (AvgIpc) is 3.47. The molecule has 2 aromatic carbocycles. The van der Waals surface area contributed by atoms with Crippen LogP contribution in [0.15, 0.2) is 48.5 Å². The predicted molar refractivity (Wildman–Crippen MR) is 114 cm³/mol. The molecular weight excluding hydrogens is 400 g/mol. The maximum atomic E-state index is 5.90. The van der Waals surface area contributed by atoms with Crippen LogP contribution in [0.5, 0.6) is 23.0 Å². The molecule has 4 unspecified atom stereocenters. The van der Waals surface area contributed by atoms with Crippen LogP contribution < -0.4 is 14.2 Å². The zero-order valence-electron chi connectivity index (χ0n) is 18.0. The smallest absolute Gasteiger partial charge is 0.158 e. The van der Waals surface area contributed by atoms with E-state index < -0.39 is 0 Å². The summed E-state index contributed by atoms with van der Waals surface area (Å²) in [5, 5.41) is 0. The molecule has 31 heavy (non-hydrogen) atoms. The first-order valence-electron chi connectivity index (χ1n) is 10.9. The molecule has 0 spiro atoms. The highest BCUT2D eigenvalue weighted by molar-refractivity contribution is 5.37. The molecule has 0 bridgehead atoms. The maximum absolute atomic E-state index is 5.90. The van der Waals surface area contributed by atoms with E-state index in [0.29, 0.717) is 26.4 Å². The third-order valence-electron chi connectivity index (χ3n) is 5.05. The van der Waals surface area contributed by atoms with Crippen molar-refractivity contribution in [2.75, 3.05) is 26.4 Å². The van der Waals surface area contributed by atoms with Gasteiger partial charge in [0.15, 0.2) is 12.6 Å². The Morgan fingerprint density at radius 2 is 1.03 bits per heavy atom. The van der Waals surface area contributed by atoms with Crippen LogP contribution in [-0.2, 0) is 18.9 Å². The lowest BCUT2D eigenvalue weighted by molar-refractivity contribution is -0.0644. The first kappa shape index (κ1) is 21.9. The molecule has 7 nitrogen and oxygen atoms in total. The molecule has 0 aromatic heterocycles. The summed E-state index contributed by atoms with van der Waals surface area (Å²) >= 11 is 0. The van der Waals surface area contributed by atoms with Gasteiger partial charge in [0.1, 0.15) is 48.4 Å². The molecule has 2 saturated heterocycles. The molecule has 168 valence electrons. The fourth-order valence-corrected chi connectivity index (χ4v) is 3.34. The lowest BCUT2D eigenvalue weighted by Gasteiger charge is -2.13. The molecule has 4 rings (SSSR count). The van der Waals surface area contributed by atoms with Gasteiger partial charge in [0.25, 0.3) is 0 Å². The second-order valence-electron chi connectivity index (χ2n) is 7.53. The van der Waals surface area contributed by atoms with E-state index in [-0.39, 0.29) is 24.8 Å². The normalized spacial score (nSPS) is 25.5. The SMILES string of the molecule is CCC1OCC(COc2ccc(Oc3ccc(OCC4COC(CC)O4)cc3)cc2)O1. The molecular formula is C24H30O7. The molecule has 0 N–H and O–H groups in total.